The molecular weight excluding hydrogens is 220 g/mol. The lowest BCUT2D eigenvalue weighted by molar-refractivity contribution is 0.0592. The van der Waals surface area contributed by atoms with Crippen LogP contribution in [-0.4, -0.2) is 49.5 Å². The Morgan fingerprint density at radius 2 is 2.35 bits per heavy atom. The van der Waals surface area contributed by atoms with E-state index in [0.29, 0.717) is 6.04 Å². The second-order valence-corrected chi connectivity index (χ2v) is 3.99. The van der Waals surface area contributed by atoms with Crippen molar-refractivity contribution in [1.82, 2.24) is 15.5 Å². The van der Waals surface area contributed by atoms with Crippen molar-refractivity contribution in [2.75, 3.05) is 32.1 Å². The molecule has 0 bridgehead atoms. The molecule has 1 fully saturated rings. The summed E-state index contributed by atoms with van der Waals surface area (Å²) >= 11 is 0. The number of carbonyl (C=O) groups excluding carboxylic acids is 1. The Morgan fingerprint density at radius 3 is 2.88 bits per heavy atom. The topological polar surface area (TPSA) is 67.4 Å². The Morgan fingerprint density at radius 1 is 1.53 bits per heavy atom. The lowest BCUT2D eigenvalue weighted by Crippen LogP contribution is -2.30. The van der Waals surface area contributed by atoms with Gasteiger partial charge in [0.2, 0.25) is 0 Å². The maximum atomic E-state index is 11.2. The molecular formula is C11H16N4O2. The third-order valence-electron chi connectivity index (χ3n) is 2.97. The van der Waals surface area contributed by atoms with Gasteiger partial charge in [0.15, 0.2) is 11.5 Å². The fourth-order valence-corrected chi connectivity index (χ4v) is 1.91. The number of hydrogen-bond donors (Lipinski definition) is 1. The molecule has 1 atom stereocenters. The smallest absolute Gasteiger partial charge is 0.358 e. The lowest BCUT2D eigenvalue weighted by atomic mass is 10.3. The van der Waals surface area contributed by atoms with Gasteiger partial charge in [0, 0.05) is 19.1 Å². The van der Waals surface area contributed by atoms with E-state index in [9.17, 15) is 4.79 Å². The van der Waals surface area contributed by atoms with Gasteiger partial charge in [-0.2, -0.15) is 0 Å². The SMILES string of the molecule is CNC1CCN(c2ccc(C(=O)OC)nn2)C1. The molecule has 1 N–H and O–H groups in total. The molecule has 0 spiro atoms. The Balaban J connectivity index is 2.06. The quantitative estimate of drug-likeness (QED) is 0.749. The molecule has 92 valence electrons. The van der Waals surface area contributed by atoms with Crippen molar-refractivity contribution in [3.05, 3.63) is 17.8 Å². The van der Waals surface area contributed by atoms with Crippen LogP contribution in [0.3, 0.4) is 0 Å². The van der Waals surface area contributed by atoms with Crippen molar-refractivity contribution in [1.29, 1.82) is 0 Å². The van der Waals surface area contributed by atoms with Crippen molar-refractivity contribution in [3.63, 3.8) is 0 Å². The highest BCUT2D eigenvalue weighted by atomic mass is 16.5. The molecule has 1 aliphatic rings. The first-order valence-corrected chi connectivity index (χ1v) is 5.59. The van der Waals surface area contributed by atoms with Crippen molar-refractivity contribution in [3.8, 4) is 0 Å². The highest BCUT2D eigenvalue weighted by Crippen LogP contribution is 2.17. The number of anilines is 1. The first kappa shape index (κ1) is 11.8. The minimum atomic E-state index is -0.460. The van der Waals surface area contributed by atoms with E-state index in [4.69, 9.17) is 0 Å². The van der Waals surface area contributed by atoms with Crippen molar-refractivity contribution in [2.24, 2.45) is 0 Å². The first-order chi connectivity index (χ1) is 8.24. The summed E-state index contributed by atoms with van der Waals surface area (Å²) in [6, 6.07) is 3.94. The standard InChI is InChI=1S/C11H16N4O2/c1-12-8-5-6-15(7-8)10-4-3-9(13-14-10)11(16)17-2/h3-4,8,12H,5-7H2,1-2H3. The minimum Gasteiger partial charge on any atom is -0.464 e. The molecule has 1 aliphatic heterocycles. The van der Waals surface area contributed by atoms with E-state index in [0.717, 1.165) is 25.3 Å². The summed E-state index contributed by atoms with van der Waals surface area (Å²) in [7, 11) is 3.29. The largest absolute Gasteiger partial charge is 0.464 e. The van der Waals surface area contributed by atoms with Crippen LogP contribution < -0.4 is 10.2 Å². The summed E-state index contributed by atoms with van der Waals surface area (Å²) in [5, 5.41) is 11.1. The monoisotopic (exact) mass is 236 g/mol. The van der Waals surface area contributed by atoms with Crippen LogP contribution in [0, 0.1) is 0 Å². The molecule has 6 heteroatoms. The van der Waals surface area contributed by atoms with E-state index >= 15 is 0 Å². The van der Waals surface area contributed by atoms with Crippen LogP contribution in [0.15, 0.2) is 12.1 Å². The molecule has 1 unspecified atom stereocenters. The van der Waals surface area contributed by atoms with Gasteiger partial charge in [-0.25, -0.2) is 4.79 Å². The number of nitrogens with zero attached hydrogens (tertiary/aromatic N) is 3. The zero-order valence-corrected chi connectivity index (χ0v) is 10.0. The molecule has 2 rings (SSSR count). The van der Waals surface area contributed by atoms with Gasteiger partial charge in [0.1, 0.15) is 0 Å². The van der Waals surface area contributed by atoms with Crippen LogP contribution in [0.1, 0.15) is 16.9 Å². The first-order valence-electron chi connectivity index (χ1n) is 5.59. The van der Waals surface area contributed by atoms with Crippen molar-refractivity contribution < 1.29 is 9.53 Å². The number of nitrogens with one attached hydrogen (secondary N) is 1. The summed E-state index contributed by atoms with van der Waals surface area (Å²) in [6.45, 7) is 1.88. The van der Waals surface area contributed by atoms with Crippen molar-refractivity contribution >= 4 is 11.8 Å². The molecule has 1 saturated heterocycles. The fraction of sp³-hybridized carbons (Fsp3) is 0.545. The van der Waals surface area contributed by atoms with E-state index < -0.39 is 5.97 Å². The molecule has 1 aromatic rings. The van der Waals surface area contributed by atoms with Crippen LogP contribution in [0.5, 0.6) is 0 Å². The molecule has 0 aromatic carbocycles. The third kappa shape index (κ3) is 2.52. The Hall–Kier alpha value is -1.69. The highest BCUT2D eigenvalue weighted by Gasteiger charge is 2.22. The van der Waals surface area contributed by atoms with Gasteiger partial charge in [0.25, 0.3) is 0 Å². The maximum absolute atomic E-state index is 11.2. The number of likely N-dealkylation sites (N-methyl/N-ethyl adjacent to an activating group) is 1. The predicted molar refractivity (Wildman–Crippen MR) is 63.0 cm³/mol. The Kier molecular flexibility index (Phi) is 3.53. The van der Waals surface area contributed by atoms with Gasteiger partial charge in [0.05, 0.1) is 7.11 Å². The average molecular weight is 236 g/mol. The second kappa shape index (κ2) is 5.09. The summed E-state index contributed by atoms with van der Waals surface area (Å²) in [6.07, 6.45) is 1.09. The zero-order valence-electron chi connectivity index (χ0n) is 10.0. The molecule has 0 amide bonds. The van der Waals surface area contributed by atoms with E-state index in [1.165, 1.54) is 7.11 Å². The van der Waals surface area contributed by atoms with E-state index in [2.05, 4.69) is 25.2 Å². The van der Waals surface area contributed by atoms with Gasteiger partial charge in [-0.3, -0.25) is 0 Å². The molecule has 17 heavy (non-hydrogen) atoms. The number of rotatable bonds is 3. The van der Waals surface area contributed by atoms with Crippen LogP contribution in [0.4, 0.5) is 5.82 Å². The second-order valence-electron chi connectivity index (χ2n) is 3.99. The molecule has 1 aromatic heterocycles. The number of hydrogen-bond acceptors (Lipinski definition) is 6. The molecule has 0 aliphatic carbocycles. The van der Waals surface area contributed by atoms with E-state index in [1.54, 1.807) is 12.1 Å². The van der Waals surface area contributed by atoms with Gasteiger partial charge < -0.3 is 15.0 Å². The molecule has 0 saturated carbocycles. The number of ether oxygens (including phenoxy) is 1. The fourth-order valence-electron chi connectivity index (χ4n) is 1.91. The molecule has 0 radical (unpaired) electrons. The summed E-state index contributed by atoms with van der Waals surface area (Å²) in [4.78, 5) is 13.3. The Bertz CT molecular complexity index is 393. The third-order valence-corrected chi connectivity index (χ3v) is 2.97. The van der Waals surface area contributed by atoms with Gasteiger partial charge in [-0.1, -0.05) is 0 Å². The lowest BCUT2D eigenvalue weighted by Gasteiger charge is -2.16. The number of methoxy groups -OCH3 is 1. The zero-order chi connectivity index (χ0) is 12.3. The van der Waals surface area contributed by atoms with Gasteiger partial charge >= 0.3 is 5.97 Å². The van der Waals surface area contributed by atoms with E-state index in [-0.39, 0.29) is 5.69 Å². The number of esters is 1. The average Bonchev–Trinajstić information content (AvgIpc) is 2.87. The number of aromatic nitrogens is 2. The normalized spacial score (nSPS) is 19.4. The molecule has 2 heterocycles. The van der Waals surface area contributed by atoms with Crippen LogP contribution in [-0.2, 0) is 4.74 Å². The van der Waals surface area contributed by atoms with Crippen LogP contribution >= 0.6 is 0 Å². The van der Waals surface area contributed by atoms with Gasteiger partial charge in [-0.05, 0) is 25.6 Å². The molecule has 6 nitrogen and oxygen atoms in total. The highest BCUT2D eigenvalue weighted by molar-refractivity contribution is 5.86. The van der Waals surface area contributed by atoms with E-state index in [1.807, 2.05) is 7.05 Å². The Labute approximate surface area is 100.0 Å². The summed E-state index contributed by atoms with van der Waals surface area (Å²) in [5.74, 6) is 0.342. The minimum absolute atomic E-state index is 0.237. The number of carbonyl (C=O) groups is 1. The van der Waals surface area contributed by atoms with Gasteiger partial charge in [-0.15, -0.1) is 10.2 Å². The maximum Gasteiger partial charge on any atom is 0.358 e. The predicted octanol–water partition coefficient (Wildman–Crippen LogP) is 0.0613. The summed E-state index contributed by atoms with van der Waals surface area (Å²) < 4.78 is 4.57. The van der Waals surface area contributed by atoms with Crippen LogP contribution in [0.25, 0.3) is 0 Å². The summed E-state index contributed by atoms with van der Waals surface area (Å²) in [5.41, 5.74) is 0.237. The van der Waals surface area contributed by atoms with Crippen molar-refractivity contribution in [2.45, 2.75) is 12.5 Å². The van der Waals surface area contributed by atoms with Crippen LogP contribution in [0.2, 0.25) is 0 Å².